The molecule has 102 valence electrons. The number of nitrogens with one attached hydrogen (secondary N) is 1. The summed E-state index contributed by atoms with van der Waals surface area (Å²) in [4.78, 5) is 16.0. The number of amides is 1. The zero-order valence-electron chi connectivity index (χ0n) is 11.1. The smallest absolute Gasteiger partial charge is 0.247 e. The molecule has 1 aromatic carbocycles. The molecule has 0 bridgehead atoms. The van der Waals surface area contributed by atoms with Gasteiger partial charge in [0.1, 0.15) is 5.82 Å². The molecule has 0 atom stereocenters. The van der Waals surface area contributed by atoms with Gasteiger partial charge in [0.05, 0.1) is 12.2 Å². The number of carbonyl (C=O) groups is 1. The lowest BCUT2D eigenvalue weighted by atomic mass is 10.1. The van der Waals surface area contributed by atoms with Gasteiger partial charge in [-0.2, -0.15) is 0 Å². The molecule has 1 heterocycles. The van der Waals surface area contributed by atoms with E-state index in [1.54, 1.807) is 31.3 Å². The van der Waals surface area contributed by atoms with Crippen LogP contribution in [0.4, 0.5) is 4.39 Å². The first-order valence-corrected chi connectivity index (χ1v) is 6.28. The van der Waals surface area contributed by atoms with Crippen LogP contribution in [0.5, 0.6) is 0 Å². The fourth-order valence-corrected chi connectivity index (χ4v) is 1.70. The van der Waals surface area contributed by atoms with E-state index in [9.17, 15) is 9.18 Å². The molecule has 0 aliphatic rings. The minimum atomic E-state index is -0.343. The number of carbonyl (C=O) groups excluding carboxylic acids is 1. The molecule has 3 nitrogen and oxygen atoms in total. The van der Waals surface area contributed by atoms with Crippen LogP contribution in [0.3, 0.4) is 0 Å². The van der Waals surface area contributed by atoms with Gasteiger partial charge < -0.3 is 5.32 Å². The molecule has 0 aliphatic heterocycles. The van der Waals surface area contributed by atoms with Gasteiger partial charge in [-0.05, 0) is 31.2 Å². The third-order valence-electron chi connectivity index (χ3n) is 2.79. The van der Waals surface area contributed by atoms with Crippen LogP contribution < -0.4 is 5.32 Å². The van der Waals surface area contributed by atoms with E-state index < -0.39 is 0 Å². The molecule has 0 aliphatic carbocycles. The summed E-state index contributed by atoms with van der Waals surface area (Å²) in [5.74, 6) is -0.580. The van der Waals surface area contributed by atoms with Gasteiger partial charge >= 0.3 is 0 Å². The second-order valence-electron chi connectivity index (χ2n) is 4.35. The normalized spacial score (nSPS) is 11.2. The lowest BCUT2D eigenvalue weighted by Crippen LogP contribution is -2.23. The monoisotopic (exact) mass is 270 g/mol. The molecule has 0 spiro atoms. The summed E-state index contributed by atoms with van der Waals surface area (Å²) in [5, 5.41) is 2.75. The van der Waals surface area contributed by atoms with Gasteiger partial charge in [-0.1, -0.05) is 24.3 Å². The van der Waals surface area contributed by atoms with Crippen LogP contribution in [-0.2, 0) is 11.3 Å². The fraction of sp³-hybridized carbons (Fsp3) is 0.125. The second kappa shape index (κ2) is 6.61. The molecule has 1 amide bonds. The van der Waals surface area contributed by atoms with Crippen molar-refractivity contribution in [1.29, 1.82) is 0 Å². The Morgan fingerprint density at radius 1 is 1.25 bits per heavy atom. The highest BCUT2D eigenvalue weighted by atomic mass is 19.1. The lowest BCUT2D eigenvalue weighted by molar-refractivity contribution is -0.117. The van der Waals surface area contributed by atoms with Gasteiger partial charge in [0, 0.05) is 17.3 Å². The van der Waals surface area contributed by atoms with E-state index in [-0.39, 0.29) is 11.7 Å². The maximum Gasteiger partial charge on any atom is 0.247 e. The summed E-state index contributed by atoms with van der Waals surface area (Å²) in [7, 11) is 0. The standard InChI is InChI=1S/C16H15FN2O/c1-12(10-13-6-2-3-8-15(13)17)16(20)19-11-14-7-4-5-9-18-14/h2-10H,11H2,1H3,(H,19,20)/b12-10+. The number of nitrogens with zero attached hydrogens (tertiary/aromatic N) is 1. The first kappa shape index (κ1) is 13.9. The predicted octanol–water partition coefficient (Wildman–Crippen LogP) is 2.94. The summed E-state index contributed by atoms with van der Waals surface area (Å²) in [5.41, 5.74) is 1.63. The summed E-state index contributed by atoms with van der Waals surface area (Å²) >= 11 is 0. The third-order valence-corrected chi connectivity index (χ3v) is 2.79. The van der Waals surface area contributed by atoms with E-state index in [1.807, 2.05) is 18.2 Å². The molecule has 1 N–H and O–H groups in total. The first-order valence-electron chi connectivity index (χ1n) is 6.28. The number of rotatable bonds is 4. The topological polar surface area (TPSA) is 42.0 Å². The Balaban J connectivity index is 2.00. The van der Waals surface area contributed by atoms with Gasteiger partial charge in [0.15, 0.2) is 0 Å². The summed E-state index contributed by atoms with van der Waals surface area (Å²) in [6.45, 7) is 2.00. The molecule has 0 saturated heterocycles. The van der Waals surface area contributed by atoms with Crippen LogP contribution in [0.15, 0.2) is 54.2 Å². The number of hydrogen-bond donors (Lipinski definition) is 1. The Hall–Kier alpha value is -2.49. The summed E-state index contributed by atoms with van der Waals surface area (Å²) in [6.07, 6.45) is 3.20. The molecule has 1 aromatic heterocycles. The van der Waals surface area contributed by atoms with Crippen LogP contribution >= 0.6 is 0 Å². The molecule has 0 radical (unpaired) electrons. The van der Waals surface area contributed by atoms with Crippen molar-refractivity contribution in [1.82, 2.24) is 10.3 Å². The quantitative estimate of drug-likeness (QED) is 0.868. The van der Waals surface area contributed by atoms with Gasteiger partial charge in [-0.15, -0.1) is 0 Å². The molecule has 4 heteroatoms. The highest BCUT2D eigenvalue weighted by Gasteiger charge is 2.06. The van der Waals surface area contributed by atoms with Crippen LogP contribution in [0, 0.1) is 5.82 Å². The van der Waals surface area contributed by atoms with E-state index in [0.29, 0.717) is 17.7 Å². The second-order valence-corrected chi connectivity index (χ2v) is 4.35. The minimum absolute atomic E-state index is 0.237. The highest BCUT2D eigenvalue weighted by Crippen LogP contribution is 2.11. The Morgan fingerprint density at radius 2 is 2.00 bits per heavy atom. The average molecular weight is 270 g/mol. The molecule has 0 fully saturated rings. The van der Waals surface area contributed by atoms with Crippen LogP contribution in [-0.4, -0.2) is 10.9 Å². The maximum atomic E-state index is 13.5. The minimum Gasteiger partial charge on any atom is -0.347 e. The summed E-state index contributed by atoms with van der Waals surface area (Å²) < 4.78 is 13.5. The number of hydrogen-bond acceptors (Lipinski definition) is 2. The van der Waals surface area contributed by atoms with Crippen molar-refractivity contribution in [3.05, 3.63) is 71.3 Å². The van der Waals surface area contributed by atoms with E-state index in [1.165, 1.54) is 12.1 Å². The summed E-state index contributed by atoms with van der Waals surface area (Å²) in [6, 6.07) is 11.8. The van der Waals surface area contributed by atoms with Crippen molar-refractivity contribution in [2.75, 3.05) is 0 Å². The Labute approximate surface area is 117 Å². The van der Waals surface area contributed by atoms with Crippen molar-refractivity contribution in [3.63, 3.8) is 0 Å². The number of aromatic nitrogens is 1. The number of pyridine rings is 1. The number of benzene rings is 1. The third kappa shape index (κ3) is 3.75. The van der Waals surface area contributed by atoms with Crippen molar-refractivity contribution < 1.29 is 9.18 Å². The zero-order chi connectivity index (χ0) is 14.4. The maximum absolute atomic E-state index is 13.5. The van der Waals surface area contributed by atoms with Crippen molar-refractivity contribution in [2.45, 2.75) is 13.5 Å². The fourth-order valence-electron chi connectivity index (χ4n) is 1.70. The molecule has 2 rings (SSSR count). The van der Waals surface area contributed by atoms with E-state index in [0.717, 1.165) is 5.69 Å². The highest BCUT2D eigenvalue weighted by molar-refractivity contribution is 5.97. The average Bonchev–Trinajstić information content (AvgIpc) is 2.48. The molecular formula is C16H15FN2O. The van der Waals surface area contributed by atoms with Crippen molar-refractivity contribution in [3.8, 4) is 0 Å². The van der Waals surface area contributed by atoms with Crippen molar-refractivity contribution in [2.24, 2.45) is 0 Å². The largest absolute Gasteiger partial charge is 0.347 e. The molecule has 0 saturated carbocycles. The molecule has 2 aromatic rings. The van der Waals surface area contributed by atoms with Gasteiger partial charge in [-0.3, -0.25) is 9.78 Å². The van der Waals surface area contributed by atoms with Crippen molar-refractivity contribution >= 4 is 12.0 Å². The SMILES string of the molecule is C/C(=C\c1ccccc1F)C(=O)NCc1ccccn1. The van der Waals surface area contributed by atoms with E-state index in [4.69, 9.17) is 0 Å². The van der Waals surface area contributed by atoms with Gasteiger partial charge in [0.25, 0.3) is 0 Å². The Kier molecular flexibility index (Phi) is 4.60. The molecule has 0 unspecified atom stereocenters. The van der Waals surface area contributed by atoms with E-state index >= 15 is 0 Å². The zero-order valence-corrected chi connectivity index (χ0v) is 11.1. The molecular weight excluding hydrogens is 255 g/mol. The van der Waals surface area contributed by atoms with Crippen LogP contribution in [0.2, 0.25) is 0 Å². The predicted molar refractivity (Wildman–Crippen MR) is 76.1 cm³/mol. The Bertz CT molecular complexity index is 623. The number of halogens is 1. The molecule has 20 heavy (non-hydrogen) atoms. The van der Waals surface area contributed by atoms with E-state index in [2.05, 4.69) is 10.3 Å². The lowest BCUT2D eigenvalue weighted by Gasteiger charge is -2.05. The van der Waals surface area contributed by atoms with Gasteiger partial charge in [-0.25, -0.2) is 4.39 Å². The first-order chi connectivity index (χ1) is 9.66. The Morgan fingerprint density at radius 3 is 2.70 bits per heavy atom. The van der Waals surface area contributed by atoms with Crippen LogP contribution in [0.1, 0.15) is 18.2 Å². The van der Waals surface area contributed by atoms with Crippen LogP contribution in [0.25, 0.3) is 6.08 Å². The van der Waals surface area contributed by atoms with Gasteiger partial charge in [0.2, 0.25) is 5.91 Å².